The van der Waals surface area contributed by atoms with Crippen LogP contribution in [0.25, 0.3) is 11.1 Å². The molecule has 1 aliphatic carbocycles. The number of esters is 1. The van der Waals surface area contributed by atoms with E-state index in [1.54, 1.807) is 24.3 Å². The first-order valence-corrected chi connectivity index (χ1v) is 11.8. The Morgan fingerprint density at radius 3 is 2.25 bits per heavy atom. The topological polar surface area (TPSA) is 35.5 Å². The lowest BCUT2D eigenvalue weighted by atomic mass is 9.82. The molecule has 0 aliphatic heterocycles. The molecule has 0 spiro atoms. The molecule has 0 amide bonds. The van der Waals surface area contributed by atoms with Crippen LogP contribution in [0, 0.1) is 30.2 Å². The van der Waals surface area contributed by atoms with Gasteiger partial charge in [0.2, 0.25) is 5.82 Å². The fourth-order valence-electron chi connectivity index (χ4n) is 4.49. The van der Waals surface area contributed by atoms with Gasteiger partial charge in [0.15, 0.2) is 23.2 Å². The van der Waals surface area contributed by atoms with Gasteiger partial charge in [-0.1, -0.05) is 54.6 Å². The summed E-state index contributed by atoms with van der Waals surface area (Å²) in [6, 6.07) is 12.4. The van der Waals surface area contributed by atoms with E-state index in [0.29, 0.717) is 31.2 Å². The number of halogens is 4. The second-order valence-electron chi connectivity index (χ2n) is 8.91. The number of benzene rings is 3. The zero-order chi connectivity index (χ0) is 25.8. The number of carbonyl (C=O) groups excluding carboxylic acids is 1. The maximum atomic E-state index is 14.7. The summed E-state index contributed by atoms with van der Waals surface area (Å²) in [5.74, 6) is -5.77. The molecule has 1 fully saturated rings. The van der Waals surface area contributed by atoms with E-state index in [-0.39, 0.29) is 29.4 Å². The molecule has 188 valence electrons. The van der Waals surface area contributed by atoms with Crippen molar-refractivity contribution < 1.29 is 31.8 Å². The number of ether oxygens (including phenoxy) is 2. The van der Waals surface area contributed by atoms with Crippen molar-refractivity contribution in [2.24, 2.45) is 0 Å². The number of rotatable bonds is 7. The van der Waals surface area contributed by atoms with E-state index in [2.05, 4.69) is 6.58 Å². The van der Waals surface area contributed by atoms with E-state index in [9.17, 15) is 22.4 Å². The predicted octanol–water partition coefficient (Wildman–Crippen LogP) is 7.67. The van der Waals surface area contributed by atoms with Gasteiger partial charge in [0.25, 0.3) is 0 Å². The molecule has 3 nitrogen and oxygen atoms in total. The van der Waals surface area contributed by atoms with Gasteiger partial charge in [0, 0.05) is 5.56 Å². The van der Waals surface area contributed by atoms with Crippen molar-refractivity contribution in [2.45, 2.75) is 44.6 Å². The van der Waals surface area contributed by atoms with Gasteiger partial charge in [-0.25, -0.2) is 18.0 Å². The highest BCUT2D eigenvalue weighted by molar-refractivity contribution is 5.90. The molecule has 4 rings (SSSR count). The van der Waals surface area contributed by atoms with Crippen LogP contribution in [0.4, 0.5) is 17.6 Å². The van der Waals surface area contributed by atoms with Gasteiger partial charge >= 0.3 is 5.97 Å². The third-order valence-electron chi connectivity index (χ3n) is 6.49. The highest BCUT2D eigenvalue weighted by Crippen LogP contribution is 2.38. The van der Waals surface area contributed by atoms with Gasteiger partial charge in [-0.15, -0.1) is 0 Å². The van der Waals surface area contributed by atoms with Gasteiger partial charge in [0.05, 0.1) is 5.56 Å². The zero-order valence-corrected chi connectivity index (χ0v) is 19.8. The summed E-state index contributed by atoms with van der Waals surface area (Å²) in [4.78, 5) is 12.6. The molecule has 0 N–H and O–H groups in total. The molecule has 1 saturated carbocycles. The van der Waals surface area contributed by atoms with Crippen molar-refractivity contribution in [3.05, 3.63) is 101 Å². The summed E-state index contributed by atoms with van der Waals surface area (Å²) in [5.41, 5.74) is 1.30. The molecule has 0 saturated heterocycles. The van der Waals surface area contributed by atoms with Crippen molar-refractivity contribution in [1.29, 1.82) is 0 Å². The van der Waals surface area contributed by atoms with E-state index >= 15 is 0 Å². The van der Waals surface area contributed by atoms with E-state index in [1.165, 1.54) is 30.3 Å². The summed E-state index contributed by atoms with van der Waals surface area (Å²) in [6.45, 7) is 5.43. The normalized spacial score (nSPS) is 17.5. The number of hydrogen-bond acceptors (Lipinski definition) is 3. The lowest BCUT2D eigenvalue weighted by Crippen LogP contribution is -2.25. The molecule has 0 atom stereocenters. The van der Waals surface area contributed by atoms with E-state index < -0.39 is 40.9 Å². The van der Waals surface area contributed by atoms with Crippen LogP contribution in [0.15, 0.2) is 61.2 Å². The van der Waals surface area contributed by atoms with Gasteiger partial charge in [-0.3, -0.25) is 0 Å². The summed E-state index contributed by atoms with van der Waals surface area (Å²) in [7, 11) is 0. The highest BCUT2D eigenvalue weighted by atomic mass is 19.2. The van der Waals surface area contributed by atoms with Crippen molar-refractivity contribution in [2.75, 3.05) is 6.61 Å². The second-order valence-corrected chi connectivity index (χ2v) is 8.91. The smallest absolute Gasteiger partial charge is 0.341 e. The molecule has 0 unspecified atom stereocenters. The quantitative estimate of drug-likeness (QED) is 0.191. The molecule has 0 aromatic heterocycles. The van der Waals surface area contributed by atoms with Gasteiger partial charge in [-0.2, -0.15) is 4.39 Å². The van der Waals surface area contributed by atoms with Crippen LogP contribution in [0.1, 0.15) is 53.1 Å². The first-order valence-electron chi connectivity index (χ1n) is 11.8. The van der Waals surface area contributed by atoms with Gasteiger partial charge in [0.1, 0.15) is 12.7 Å². The molecule has 0 radical (unpaired) electrons. The molecular weight excluding hydrogens is 472 g/mol. The molecule has 0 bridgehead atoms. The Morgan fingerprint density at radius 2 is 1.58 bits per heavy atom. The first kappa shape index (κ1) is 25.5. The van der Waals surface area contributed by atoms with Crippen LogP contribution in [0.3, 0.4) is 0 Å². The van der Waals surface area contributed by atoms with Crippen LogP contribution in [0.5, 0.6) is 5.75 Å². The maximum absolute atomic E-state index is 14.7. The third-order valence-corrected chi connectivity index (χ3v) is 6.49. The van der Waals surface area contributed by atoms with E-state index in [4.69, 9.17) is 9.47 Å². The standard InChI is InChI=1S/C29H26F4O3/c1-3-16-35-24-15-14-22(26(31)28(24)33)19-8-10-20(11-9-19)36-29(34)23-13-12-21(25(30)27(23)32)18-6-4-17(2)5-7-18/h3-7,12-15,19-20H,1,8-11,16H2,2H3. The summed E-state index contributed by atoms with van der Waals surface area (Å²) in [6.07, 6.45) is 2.58. The summed E-state index contributed by atoms with van der Waals surface area (Å²) < 4.78 is 69.0. The monoisotopic (exact) mass is 498 g/mol. The zero-order valence-electron chi connectivity index (χ0n) is 19.8. The second kappa shape index (κ2) is 11.0. The Kier molecular flexibility index (Phi) is 7.77. The molecule has 1 aliphatic rings. The van der Waals surface area contributed by atoms with Crippen molar-refractivity contribution in [3.63, 3.8) is 0 Å². The van der Waals surface area contributed by atoms with Crippen LogP contribution in [0.2, 0.25) is 0 Å². The number of carbonyl (C=O) groups is 1. The minimum atomic E-state index is -1.26. The minimum Gasteiger partial charge on any atom is -0.486 e. The Hall–Kier alpha value is -3.61. The Labute approximate surface area is 207 Å². The number of hydrogen-bond donors (Lipinski definition) is 0. The third kappa shape index (κ3) is 5.30. The van der Waals surface area contributed by atoms with Crippen LogP contribution < -0.4 is 4.74 Å². The van der Waals surface area contributed by atoms with E-state index in [1.807, 2.05) is 6.92 Å². The SMILES string of the molecule is C=CCOc1ccc(C2CCC(OC(=O)c3ccc(-c4ccc(C)cc4)c(F)c3F)CC2)c(F)c1F. The highest BCUT2D eigenvalue weighted by Gasteiger charge is 2.30. The molecule has 36 heavy (non-hydrogen) atoms. The largest absolute Gasteiger partial charge is 0.486 e. The van der Waals surface area contributed by atoms with Crippen LogP contribution >= 0.6 is 0 Å². The van der Waals surface area contributed by atoms with E-state index in [0.717, 1.165) is 5.56 Å². The van der Waals surface area contributed by atoms with Gasteiger partial charge < -0.3 is 9.47 Å². The molecular formula is C29H26F4O3. The van der Waals surface area contributed by atoms with Crippen molar-refractivity contribution in [1.82, 2.24) is 0 Å². The Morgan fingerprint density at radius 1 is 0.889 bits per heavy atom. The minimum absolute atomic E-state index is 0.0553. The molecule has 7 heteroatoms. The Bertz CT molecular complexity index is 1260. The lowest BCUT2D eigenvalue weighted by molar-refractivity contribution is 0.0188. The summed E-state index contributed by atoms with van der Waals surface area (Å²) >= 11 is 0. The molecule has 0 heterocycles. The Balaban J connectivity index is 1.40. The lowest BCUT2D eigenvalue weighted by Gasteiger charge is -2.29. The van der Waals surface area contributed by atoms with Crippen molar-refractivity contribution >= 4 is 5.97 Å². The summed E-state index contributed by atoms with van der Waals surface area (Å²) in [5, 5.41) is 0. The average molecular weight is 499 g/mol. The number of aryl methyl sites for hydroxylation is 1. The fraction of sp³-hybridized carbons (Fsp3) is 0.276. The maximum Gasteiger partial charge on any atom is 0.341 e. The molecule has 3 aromatic carbocycles. The first-order chi connectivity index (χ1) is 17.3. The fourth-order valence-corrected chi connectivity index (χ4v) is 4.49. The van der Waals surface area contributed by atoms with Crippen LogP contribution in [-0.2, 0) is 4.74 Å². The average Bonchev–Trinajstić information content (AvgIpc) is 2.88. The van der Waals surface area contributed by atoms with Crippen molar-refractivity contribution in [3.8, 4) is 16.9 Å². The predicted molar refractivity (Wildman–Crippen MR) is 129 cm³/mol. The van der Waals surface area contributed by atoms with Crippen LogP contribution in [-0.4, -0.2) is 18.7 Å². The molecule has 3 aromatic rings. The van der Waals surface area contributed by atoms with Gasteiger partial charge in [-0.05, 0) is 61.8 Å².